The Labute approximate surface area is 142 Å². The largest absolute Gasteiger partial charge is 0.478 e. The van der Waals surface area contributed by atoms with Crippen molar-refractivity contribution in [3.8, 4) is 11.6 Å². The summed E-state index contributed by atoms with van der Waals surface area (Å²) in [6.45, 7) is 2.42. The van der Waals surface area contributed by atoms with Gasteiger partial charge in [0, 0.05) is 12.6 Å². The van der Waals surface area contributed by atoms with Crippen molar-refractivity contribution in [3.05, 3.63) is 51.8 Å². The van der Waals surface area contributed by atoms with E-state index in [1.807, 2.05) is 0 Å². The normalized spacial score (nSPS) is 13.6. The quantitative estimate of drug-likeness (QED) is 0.866. The Morgan fingerprint density at radius 3 is 2.72 bits per heavy atom. The van der Waals surface area contributed by atoms with E-state index in [9.17, 15) is 18.4 Å². The molecule has 0 bridgehead atoms. The maximum absolute atomic E-state index is 13.5. The minimum Gasteiger partial charge on any atom is -0.478 e. The van der Waals surface area contributed by atoms with E-state index in [0.717, 1.165) is 35.7 Å². The van der Waals surface area contributed by atoms with Crippen LogP contribution in [0.2, 0.25) is 0 Å². The molecule has 3 rings (SSSR count). The molecule has 2 aromatic rings. The Hall–Kier alpha value is -2.77. The summed E-state index contributed by atoms with van der Waals surface area (Å²) in [5, 5.41) is 6.67. The highest BCUT2D eigenvalue weighted by Gasteiger charge is 2.24. The molecule has 1 fully saturated rings. The lowest BCUT2D eigenvalue weighted by atomic mass is 10.3. The van der Waals surface area contributed by atoms with Gasteiger partial charge in [-0.3, -0.25) is 9.59 Å². The Morgan fingerprint density at radius 2 is 2.08 bits per heavy atom. The predicted octanol–water partition coefficient (Wildman–Crippen LogP) is 2.05. The van der Waals surface area contributed by atoms with Crippen LogP contribution in [-0.4, -0.2) is 28.8 Å². The number of benzene rings is 1. The average Bonchev–Trinajstić information content (AvgIpc) is 3.40. The lowest BCUT2D eigenvalue weighted by molar-refractivity contribution is 0.0943. The zero-order valence-electron chi connectivity index (χ0n) is 13.6. The van der Waals surface area contributed by atoms with Gasteiger partial charge in [-0.15, -0.1) is 0 Å². The molecular weight excluding hydrogens is 332 g/mol. The van der Waals surface area contributed by atoms with Gasteiger partial charge in [0.1, 0.15) is 0 Å². The number of hydrogen-bond acceptors (Lipinski definition) is 4. The lowest BCUT2D eigenvalue weighted by Crippen LogP contribution is -2.33. The van der Waals surface area contributed by atoms with Crippen molar-refractivity contribution in [2.24, 2.45) is 5.92 Å². The second-order valence-corrected chi connectivity index (χ2v) is 5.79. The Morgan fingerprint density at radius 1 is 1.32 bits per heavy atom. The molecular formula is C17H17F2N3O3. The summed E-state index contributed by atoms with van der Waals surface area (Å²) in [6, 6.07) is 4.25. The van der Waals surface area contributed by atoms with E-state index in [2.05, 4.69) is 10.4 Å². The Balaban J connectivity index is 2.01. The van der Waals surface area contributed by atoms with Crippen LogP contribution in [-0.2, 0) is 0 Å². The van der Waals surface area contributed by atoms with E-state index in [1.165, 1.54) is 6.07 Å². The van der Waals surface area contributed by atoms with E-state index in [-0.39, 0.29) is 23.9 Å². The van der Waals surface area contributed by atoms with Crippen LogP contribution in [0.15, 0.2) is 29.1 Å². The van der Waals surface area contributed by atoms with E-state index < -0.39 is 23.0 Å². The molecule has 1 saturated carbocycles. The molecule has 1 heterocycles. The van der Waals surface area contributed by atoms with Gasteiger partial charge in [0.15, 0.2) is 17.3 Å². The average molecular weight is 349 g/mol. The molecule has 0 radical (unpaired) electrons. The maximum atomic E-state index is 13.5. The van der Waals surface area contributed by atoms with Crippen molar-refractivity contribution in [3.63, 3.8) is 0 Å². The van der Waals surface area contributed by atoms with E-state index in [1.54, 1.807) is 6.92 Å². The summed E-state index contributed by atoms with van der Waals surface area (Å²) in [5.41, 5.74) is -0.789. The Kier molecular flexibility index (Phi) is 4.78. The summed E-state index contributed by atoms with van der Waals surface area (Å²) in [7, 11) is 0. The first kappa shape index (κ1) is 17.1. The molecule has 1 aromatic carbocycles. The SMILES string of the molecule is CCOc1cc(=O)c(C(=O)NCC2CC2)nn1-c1ccc(F)c(F)c1. The van der Waals surface area contributed by atoms with Gasteiger partial charge in [0.2, 0.25) is 11.3 Å². The zero-order chi connectivity index (χ0) is 18.0. The molecule has 132 valence electrons. The molecule has 0 saturated heterocycles. The minimum absolute atomic E-state index is 0.0391. The van der Waals surface area contributed by atoms with Crippen LogP contribution < -0.4 is 15.5 Å². The van der Waals surface area contributed by atoms with Gasteiger partial charge in [0.25, 0.3) is 5.91 Å². The molecule has 25 heavy (non-hydrogen) atoms. The number of carbonyl (C=O) groups excluding carboxylic acids is 1. The van der Waals surface area contributed by atoms with E-state index >= 15 is 0 Å². The van der Waals surface area contributed by atoms with Gasteiger partial charge >= 0.3 is 0 Å². The topological polar surface area (TPSA) is 73.2 Å². The molecule has 1 aliphatic carbocycles. The summed E-state index contributed by atoms with van der Waals surface area (Å²) < 4.78 is 33.2. The third kappa shape index (κ3) is 3.84. The lowest BCUT2D eigenvalue weighted by Gasteiger charge is -2.14. The van der Waals surface area contributed by atoms with Crippen molar-refractivity contribution in [1.29, 1.82) is 0 Å². The van der Waals surface area contributed by atoms with Gasteiger partial charge in [-0.2, -0.15) is 5.10 Å². The molecule has 1 aliphatic rings. The molecule has 0 unspecified atom stereocenters. The van der Waals surface area contributed by atoms with Crippen LogP contribution in [0.3, 0.4) is 0 Å². The first-order chi connectivity index (χ1) is 12.0. The van der Waals surface area contributed by atoms with Crippen LogP contribution in [0.5, 0.6) is 5.88 Å². The van der Waals surface area contributed by atoms with Crippen LogP contribution >= 0.6 is 0 Å². The predicted molar refractivity (Wildman–Crippen MR) is 86.0 cm³/mol. The molecule has 0 spiro atoms. The van der Waals surface area contributed by atoms with Crippen LogP contribution in [0.25, 0.3) is 5.69 Å². The number of halogens is 2. The number of hydrogen-bond donors (Lipinski definition) is 1. The van der Waals surface area contributed by atoms with E-state index in [4.69, 9.17) is 4.74 Å². The number of amides is 1. The first-order valence-electron chi connectivity index (χ1n) is 8.00. The second kappa shape index (κ2) is 7.00. The highest BCUT2D eigenvalue weighted by molar-refractivity contribution is 5.92. The molecule has 0 aliphatic heterocycles. The minimum atomic E-state index is -1.07. The molecule has 6 nitrogen and oxygen atoms in total. The van der Waals surface area contributed by atoms with Crippen molar-refractivity contribution in [2.75, 3.05) is 13.2 Å². The van der Waals surface area contributed by atoms with Crippen molar-refractivity contribution < 1.29 is 18.3 Å². The smallest absolute Gasteiger partial charge is 0.275 e. The van der Waals surface area contributed by atoms with Crippen molar-refractivity contribution in [2.45, 2.75) is 19.8 Å². The fourth-order valence-electron chi connectivity index (χ4n) is 2.29. The fraction of sp³-hybridized carbons (Fsp3) is 0.353. The van der Waals surface area contributed by atoms with E-state index in [0.29, 0.717) is 12.5 Å². The summed E-state index contributed by atoms with van der Waals surface area (Å²) >= 11 is 0. The number of carbonyl (C=O) groups is 1. The van der Waals surface area contributed by atoms with Gasteiger partial charge in [-0.05, 0) is 37.8 Å². The van der Waals surface area contributed by atoms with Gasteiger partial charge in [-0.25, -0.2) is 13.5 Å². The van der Waals surface area contributed by atoms with Crippen LogP contribution in [0, 0.1) is 17.6 Å². The highest BCUT2D eigenvalue weighted by Crippen LogP contribution is 2.27. The first-order valence-corrected chi connectivity index (χ1v) is 8.00. The molecule has 8 heteroatoms. The summed E-state index contributed by atoms with van der Waals surface area (Å²) in [4.78, 5) is 24.4. The second-order valence-electron chi connectivity index (χ2n) is 5.79. The van der Waals surface area contributed by atoms with Crippen LogP contribution in [0.4, 0.5) is 8.78 Å². The zero-order valence-corrected chi connectivity index (χ0v) is 13.6. The number of ether oxygens (including phenoxy) is 1. The molecule has 1 amide bonds. The summed E-state index contributed by atoms with van der Waals surface area (Å²) in [5.74, 6) is -2.20. The fourth-order valence-corrected chi connectivity index (χ4v) is 2.29. The molecule has 1 aromatic heterocycles. The number of aromatic nitrogens is 2. The molecule has 0 atom stereocenters. The van der Waals surface area contributed by atoms with Gasteiger partial charge in [-0.1, -0.05) is 0 Å². The summed E-state index contributed by atoms with van der Waals surface area (Å²) in [6.07, 6.45) is 2.10. The monoisotopic (exact) mass is 349 g/mol. The number of rotatable bonds is 6. The van der Waals surface area contributed by atoms with Crippen molar-refractivity contribution >= 4 is 5.91 Å². The number of nitrogens with one attached hydrogen (secondary N) is 1. The van der Waals surface area contributed by atoms with Crippen molar-refractivity contribution in [1.82, 2.24) is 15.1 Å². The standard InChI is InChI=1S/C17H17F2N3O3/c1-2-25-15-8-14(23)16(17(24)20-9-10-3-4-10)21-22(15)11-5-6-12(18)13(19)7-11/h5-8,10H,2-4,9H2,1H3,(H,20,24). The third-order valence-corrected chi connectivity index (χ3v) is 3.80. The van der Waals surface area contributed by atoms with Crippen LogP contribution in [0.1, 0.15) is 30.3 Å². The van der Waals surface area contributed by atoms with Gasteiger partial charge in [0.05, 0.1) is 18.4 Å². The number of nitrogens with zero attached hydrogens (tertiary/aromatic N) is 2. The molecule has 1 N–H and O–H groups in total. The third-order valence-electron chi connectivity index (χ3n) is 3.80. The highest BCUT2D eigenvalue weighted by atomic mass is 19.2. The maximum Gasteiger partial charge on any atom is 0.275 e. The Bertz CT molecular complexity index is 863. The van der Waals surface area contributed by atoms with Gasteiger partial charge < -0.3 is 10.1 Å².